The predicted molar refractivity (Wildman–Crippen MR) is 291 cm³/mol. The van der Waals surface area contributed by atoms with Crippen LogP contribution in [0.5, 0.6) is 46.0 Å². The van der Waals surface area contributed by atoms with Crippen molar-refractivity contribution in [3.05, 3.63) is 234 Å². The highest BCUT2D eigenvalue weighted by Crippen LogP contribution is 2.29. The number of rotatable bonds is 15. The molecule has 8 aromatic carbocycles. The molecule has 14 nitrogen and oxygen atoms in total. The van der Waals surface area contributed by atoms with Gasteiger partial charge < -0.3 is 45.2 Å². The second-order valence-corrected chi connectivity index (χ2v) is 16.2. The molecule has 0 saturated carbocycles. The Labute approximate surface area is 434 Å². The number of esters is 2. The number of anilines is 3. The fourth-order valence-electron chi connectivity index (χ4n) is 6.55. The predicted octanol–water partition coefficient (Wildman–Crippen LogP) is 13.5. The number of para-hydroxylation sites is 3. The smallest absolute Gasteiger partial charge is 0.337 e. The van der Waals surface area contributed by atoms with E-state index in [1.54, 1.807) is 78.9 Å². The van der Waals surface area contributed by atoms with E-state index in [9.17, 15) is 29.1 Å². The Morgan fingerprint density at radius 2 is 0.787 bits per heavy atom. The van der Waals surface area contributed by atoms with Gasteiger partial charge in [0.25, 0.3) is 0 Å². The molecule has 0 aromatic heterocycles. The van der Waals surface area contributed by atoms with Gasteiger partial charge in [0.05, 0.1) is 11.3 Å². The molecule has 0 saturated heterocycles. The quantitative estimate of drug-likeness (QED) is 0.0328. The van der Waals surface area contributed by atoms with Crippen molar-refractivity contribution in [1.29, 1.82) is 0 Å². The summed E-state index contributed by atoms with van der Waals surface area (Å²) < 4.78 is 27.1. The first-order valence-corrected chi connectivity index (χ1v) is 23.2. The molecule has 8 aromatic rings. The number of amides is 2. The van der Waals surface area contributed by atoms with Gasteiger partial charge >= 0.3 is 17.9 Å². The van der Waals surface area contributed by atoms with Crippen LogP contribution in [0.3, 0.4) is 0 Å². The molecule has 8 rings (SSSR count). The highest BCUT2D eigenvalue weighted by Gasteiger charge is 2.14. The van der Waals surface area contributed by atoms with Gasteiger partial charge in [-0.3, -0.25) is 19.2 Å². The molecule has 0 radical (unpaired) electrons. The van der Waals surface area contributed by atoms with Crippen molar-refractivity contribution >= 4 is 58.9 Å². The molecule has 5 N–H and O–H groups in total. The van der Waals surface area contributed by atoms with Gasteiger partial charge in [0, 0.05) is 55.6 Å². The fraction of sp³-hybridized carbons (Fsp3) is 0.0656. The Kier molecular flexibility index (Phi) is 19.8. The first kappa shape index (κ1) is 54.1. The van der Waals surface area contributed by atoms with Crippen molar-refractivity contribution in [2.24, 2.45) is 0 Å². The lowest BCUT2D eigenvalue weighted by Crippen LogP contribution is -2.12. The zero-order valence-corrected chi connectivity index (χ0v) is 41.4. The molecule has 0 bridgehead atoms. The van der Waals surface area contributed by atoms with Crippen molar-refractivity contribution in [3.63, 3.8) is 0 Å². The molecule has 2 amide bonds. The van der Waals surface area contributed by atoms with Gasteiger partial charge in [-0.1, -0.05) is 91.0 Å². The number of benzene rings is 8. The molecule has 0 spiro atoms. The van der Waals surface area contributed by atoms with E-state index >= 15 is 0 Å². The number of nitrogens with two attached hydrogens (primary N) is 1. The summed E-state index contributed by atoms with van der Waals surface area (Å²) in [5.41, 5.74) is 10.8. The normalized spacial score (nSPS) is 10.4. The van der Waals surface area contributed by atoms with Crippen LogP contribution in [0.1, 0.15) is 46.5 Å². The first-order valence-electron chi connectivity index (χ1n) is 23.2. The Bertz CT molecular complexity index is 3270. The zero-order valence-electron chi connectivity index (χ0n) is 41.4. The highest BCUT2D eigenvalue weighted by atomic mass is 16.5. The van der Waals surface area contributed by atoms with Gasteiger partial charge in [0.1, 0.15) is 46.0 Å². The topological polar surface area (TPSA) is 202 Å². The molecule has 0 atom stereocenters. The summed E-state index contributed by atoms with van der Waals surface area (Å²) in [5, 5.41) is 14.8. The summed E-state index contributed by atoms with van der Waals surface area (Å²) in [6, 6.07) is 57.1. The van der Waals surface area contributed by atoms with Crippen LogP contribution in [0.2, 0.25) is 0 Å². The minimum atomic E-state index is -1.17. The van der Waals surface area contributed by atoms with Crippen molar-refractivity contribution in [2.75, 3.05) is 16.4 Å². The van der Waals surface area contributed by atoms with E-state index in [-0.39, 0.29) is 23.1 Å². The molecule has 0 aliphatic rings. The van der Waals surface area contributed by atoms with Crippen LogP contribution >= 0.6 is 0 Å². The van der Waals surface area contributed by atoms with Gasteiger partial charge in [0.2, 0.25) is 11.8 Å². The number of hydrogen-bond acceptors (Lipinski definition) is 11. The first-order chi connectivity index (χ1) is 36.1. The van der Waals surface area contributed by atoms with Crippen molar-refractivity contribution < 1.29 is 52.8 Å². The summed E-state index contributed by atoms with van der Waals surface area (Å²) in [5.74, 6) is 2.05. The number of ether oxygens (including phenoxy) is 5. The Hall–Kier alpha value is -10.2. The molecule has 14 heteroatoms. The molecular formula is C61H53N3O11. The Balaban J connectivity index is 0.000000193. The number of carbonyl (C=O) groups is 5. The molecule has 0 aliphatic carbocycles. The van der Waals surface area contributed by atoms with Crippen LogP contribution in [0, 0.1) is 13.8 Å². The highest BCUT2D eigenvalue weighted by molar-refractivity contribution is 6.06. The lowest BCUT2D eigenvalue weighted by molar-refractivity contribution is -0.132. The van der Waals surface area contributed by atoms with Crippen LogP contribution in [0.15, 0.2) is 206 Å². The van der Waals surface area contributed by atoms with Crippen LogP contribution in [0.4, 0.5) is 17.1 Å². The maximum atomic E-state index is 12.3. The number of nitrogens with one attached hydrogen (secondary N) is 2. The number of carboxylic acids is 1. The SMILES string of the molecule is CC(=O)Oc1ccc(/C=C/C(=O)Nc2cc(Oc3ccccc3)ccc2C(=O)O)cc1.CC(=O)Oc1ccc(/C=C/C(=O)Nc2cc(Oc3ccccc3)ccc2C)cc1.Cc1ccc(Oc2ccccc2)cc1N. The second-order valence-electron chi connectivity index (χ2n) is 16.2. The average molecular weight is 1000 g/mol. The van der Waals surface area contributed by atoms with Crippen molar-refractivity contribution in [2.45, 2.75) is 27.7 Å². The largest absolute Gasteiger partial charge is 0.478 e. The summed E-state index contributed by atoms with van der Waals surface area (Å²) in [6.07, 6.45) is 5.96. The summed E-state index contributed by atoms with van der Waals surface area (Å²) in [7, 11) is 0. The average Bonchev–Trinajstić information content (AvgIpc) is 3.39. The molecular weight excluding hydrogens is 951 g/mol. The van der Waals surface area contributed by atoms with E-state index in [4.69, 9.17) is 29.4 Å². The van der Waals surface area contributed by atoms with Gasteiger partial charge in [0.15, 0.2) is 0 Å². The standard InChI is InChI=1S/C24H19NO6.C24H21NO4.C13H13NO/c1-16(26)30-19-10-7-17(8-11-19)9-14-23(27)25-22-15-20(12-13-21(22)24(28)29)31-18-5-3-2-4-6-18;1-17-8-12-22(29-20-6-4-3-5-7-20)16-23(17)25-24(27)15-11-19-9-13-21(14-10-19)28-18(2)26;1-10-7-8-12(9-13(10)14)15-11-5-3-2-4-6-11/h2-15H,1H3,(H,25,27)(H,28,29);3-16H,1-2H3,(H,25,27);2-9H,14H2,1H3/b14-9+;15-11+;. The van der Waals surface area contributed by atoms with E-state index in [1.807, 2.05) is 123 Å². The van der Waals surface area contributed by atoms with E-state index < -0.39 is 17.8 Å². The second kappa shape index (κ2) is 27.4. The summed E-state index contributed by atoms with van der Waals surface area (Å²) in [4.78, 5) is 58.1. The van der Waals surface area contributed by atoms with Crippen molar-refractivity contribution in [3.8, 4) is 46.0 Å². The van der Waals surface area contributed by atoms with E-state index in [1.165, 1.54) is 44.2 Å². The Morgan fingerprint density at radius 3 is 1.19 bits per heavy atom. The monoisotopic (exact) mass is 1000 g/mol. The number of aryl methyl sites for hydroxylation is 2. The van der Waals surface area contributed by atoms with Crippen LogP contribution in [0.25, 0.3) is 12.2 Å². The minimum Gasteiger partial charge on any atom is -0.478 e. The number of carbonyl (C=O) groups excluding carboxylic acids is 4. The summed E-state index contributed by atoms with van der Waals surface area (Å²) in [6.45, 7) is 6.55. The number of hydrogen-bond donors (Lipinski definition) is 4. The third-order valence-electron chi connectivity index (χ3n) is 10.3. The molecule has 0 fully saturated rings. The molecule has 0 heterocycles. The third kappa shape index (κ3) is 18.5. The van der Waals surface area contributed by atoms with Gasteiger partial charge in [-0.25, -0.2) is 4.79 Å². The summed E-state index contributed by atoms with van der Waals surface area (Å²) >= 11 is 0. The van der Waals surface area contributed by atoms with Crippen LogP contribution < -0.4 is 40.1 Å². The molecule has 0 aliphatic heterocycles. The molecule has 378 valence electrons. The Morgan fingerprint density at radius 1 is 0.427 bits per heavy atom. The van der Waals surface area contributed by atoms with E-state index in [0.29, 0.717) is 40.0 Å². The minimum absolute atomic E-state index is 0.0621. The van der Waals surface area contributed by atoms with Crippen molar-refractivity contribution in [1.82, 2.24) is 0 Å². The lowest BCUT2D eigenvalue weighted by atomic mass is 10.1. The third-order valence-corrected chi connectivity index (χ3v) is 10.3. The van der Waals surface area contributed by atoms with Gasteiger partial charge in [-0.15, -0.1) is 0 Å². The maximum Gasteiger partial charge on any atom is 0.337 e. The fourth-order valence-corrected chi connectivity index (χ4v) is 6.55. The number of carboxylic acid groups (broad SMARTS) is 1. The van der Waals surface area contributed by atoms with Crippen LogP contribution in [-0.4, -0.2) is 34.8 Å². The molecule has 0 unspecified atom stereocenters. The van der Waals surface area contributed by atoms with E-state index in [0.717, 1.165) is 39.6 Å². The maximum absolute atomic E-state index is 12.3. The van der Waals surface area contributed by atoms with Crippen LogP contribution in [-0.2, 0) is 19.2 Å². The lowest BCUT2D eigenvalue weighted by Gasteiger charge is -2.11. The van der Waals surface area contributed by atoms with E-state index in [2.05, 4.69) is 10.6 Å². The zero-order chi connectivity index (χ0) is 53.5. The van der Waals surface area contributed by atoms with Gasteiger partial charge in [-0.05, 0) is 133 Å². The molecule has 75 heavy (non-hydrogen) atoms. The van der Waals surface area contributed by atoms with Gasteiger partial charge in [-0.2, -0.15) is 0 Å². The number of nitrogen functional groups attached to an aromatic ring is 1. The number of aromatic carboxylic acids is 1.